The van der Waals surface area contributed by atoms with Crippen LogP contribution < -0.4 is 5.32 Å². The minimum absolute atomic E-state index is 0.105. The van der Waals surface area contributed by atoms with Crippen LogP contribution in [-0.2, 0) is 14.6 Å². The number of methoxy groups -OCH3 is 1. The third-order valence-electron chi connectivity index (χ3n) is 5.87. The molecule has 9 heteroatoms. The molecule has 2 atom stereocenters. The van der Waals surface area contributed by atoms with Gasteiger partial charge in [-0.15, -0.1) is 0 Å². The summed E-state index contributed by atoms with van der Waals surface area (Å²) in [4.78, 5) is 15.7. The number of carbonyl (C=O) groups excluding carboxylic acids is 1. The highest BCUT2D eigenvalue weighted by molar-refractivity contribution is 7.91. The van der Waals surface area contributed by atoms with E-state index in [2.05, 4.69) is 10.2 Å². The molecule has 33 heavy (non-hydrogen) atoms. The van der Waals surface area contributed by atoms with E-state index in [1.807, 2.05) is 6.92 Å². The predicted molar refractivity (Wildman–Crippen MR) is 132 cm³/mol. The van der Waals surface area contributed by atoms with E-state index in [0.717, 1.165) is 24.9 Å². The van der Waals surface area contributed by atoms with E-state index < -0.39 is 9.84 Å². The Morgan fingerprint density at radius 1 is 1.21 bits per heavy atom. The van der Waals surface area contributed by atoms with Crippen molar-refractivity contribution < 1.29 is 17.9 Å². The van der Waals surface area contributed by atoms with Gasteiger partial charge in [-0.25, -0.2) is 8.42 Å². The topological polar surface area (TPSA) is 75.7 Å². The number of carbonyl (C=O) groups is 1. The Morgan fingerprint density at radius 2 is 1.94 bits per heavy atom. The van der Waals surface area contributed by atoms with Gasteiger partial charge in [0.2, 0.25) is 0 Å². The summed E-state index contributed by atoms with van der Waals surface area (Å²) in [5.74, 6) is -0.208. The molecule has 1 amide bonds. The highest BCUT2D eigenvalue weighted by Gasteiger charge is 2.29. The zero-order valence-electron chi connectivity index (χ0n) is 18.9. The van der Waals surface area contributed by atoms with Crippen molar-refractivity contribution in [3.8, 4) is 0 Å². The van der Waals surface area contributed by atoms with E-state index in [0.29, 0.717) is 30.2 Å². The number of sulfone groups is 1. The van der Waals surface area contributed by atoms with Gasteiger partial charge >= 0.3 is 0 Å². The van der Waals surface area contributed by atoms with Crippen LogP contribution in [0.5, 0.6) is 0 Å². The highest BCUT2D eigenvalue weighted by Crippen LogP contribution is 2.26. The average Bonchev–Trinajstić information content (AvgIpc) is 3.20. The summed E-state index contributed by atoms with van der Waals surface area (Å²) >= 11 is 12.2. The maximum atomic E-state index is 13.1. The van der Waals surface area contributed by atoms with Crippen molar-refractivity contribution in [3.63, 3.8) is 0 Å². The number of nitrogens with zero attached hydrogens (tertiary/aromatic N) is 1. The molecule has 0 bridgehead atoms. The number of likely N-dealkylation sites (tertiary alicyclic amines) is 1. The van der Waals surface area contributed by atoms with Crippen molar-refractivity contribution in [1.29, 1.82) is 0 Å². The second-order valence-corrected chi connectivity index (χ2v) is 11.2. The fourth-order valence-electron chi connectivity index (χ4n) is 4.19. The summed E-state index contributed by atoms with van der Waals surface area (Å²) in [6.07, 6.45) is 2.65. The Bertz CT molecular complexity index is 1060. The Labute approximate surface area is 206 Å². The molecule has 2 aromatic rings. The van der Waals surface area contributed by atoms with Crippen LogP contribution in [0, 0.1) is 0 Å². The third-order valence-corrected chi connectivity index (χ3v) is 8.35. The van der Waals surface area contributed by atoms with Gasteiger partial charge in [0.05, 0.1) is 33.9 Å². The Morgan fingerprint density at radius 3 is 2.58 bits per heavy atom. The SMILES string of the molecule is CCCS(=O)(=O)c1ccc(C(CN2CCC[C@@H]2COC)NC(=O)c2ccc(Cl)cc2Cl)cc1. The average molecular weight is 513 g/mol. The van der Waals surface area contributed by atoms with Crippen LogP contribution in [0.3, 0.4) is 0 Å². The van der Waals surface area contributed by atoms with Crippen molar-refractivity contribution in [3.05, 3.63) is 63.6 Å². The van der Waals surface area contributed by atoms with Gasteiger partial charge in [-0.2, -0.15) is 0 Å². The maximum Gasteiger partial charge on any atom is 0.253 e. The predicted octanol–water partition coefficient (Wildman–Crippen LogP) is 4.76. The normalized spacial score (nSPS) is 17.8. The number of nitrogens with one attached hydrogen (secondary N) is 1. The molecule has 0 aromatic heterocycles. The molecule has 2 aromatic carbocycles. The van der Waals surface area contributed by atoms with Crippen molar-refractivity contribution in [2.45, 2.75) is 43.2 Å². The van der Waals surface area contributed by atoms with Gasteiger partial charge in [-0.05, 0) is 61.7 Å². The molecule has 3 rings (SSSR count). The first-order valence-electron chi connectivity index (χ1n) is 11.1. The number of hydrogen-bond acceptors (Lipinski definition) is 5. The molecule has 1 saturated heterocycles. The second kappa shape index (κ2) is 11.7. The van der Waals surface area contributed by atoms with Crippen LogP contribution >= 0.6 is 23.2 Å². The summed E-state index contributed by atoms with van der Waals surface area (Å²) in [6.45, 7) is 3.95. The smallest absolute Gasteiger partial charge is 0.253 e. The first-order chi connectivity index (χ1) is 15.7. The Hall–Kier alpha value is -1.64. The third kappa shape index (κ3) is 6.70. The molecule has 1 unspecified atom stereocenters. The molecule has 1 aliphatic rings. The summed E-state index contributed by atoms with van der Waals surface area (Å²) < 4.78 is 30.2. The zero-order chi connectivity index (χ0) is 24.0. The lowest BCUT2D eigenvalue weighted by Crippen LogP contribution is -2.41. The van der Waals surface area contributed by atoms with Gasteiger partial charge in [0.25, 0.3) is 5.91 Å². The van der Waals surface area contributed by atoms with Crippen LogP contribution in [0.25, 0.3) is 0 Å². The number of rotatable bonds is 10. The zero-order valence-corrected chi connectivity index (χ0v) is 21.2. The monoisotopic (exact) mass is 512 g/mol. The quantitative estimate of drug-likeness (QED) is 0.496. The van der Waals surface area contributed by atoms with Gasteiger partial charge in [0, 0.05) is 24.7 Å². The fourth-order valence-corrected chi connectivity index (χ4v) is 6.01. The van der Waals surface area contributed by atoms with Gasteiger partial charge in [-0.3, -0.25) is 9.69 Å². The number of hydrogen-bond donors (Lipinski definition) is 1. The number of amides is 1. The largest absolute Gasteiger partial charge is 0.383 e. The first kappa shape index (κ1) is 26.0. The summed E-state index contributed by atoms with van der Waals surface area (Å²) in [7, 11) is -1.62. The minimum Gasteiger partial charge on any atom is -0.383 e. The number of benzene rings is 2. The minimum atomic E-state index is -3.31. The molecule has 0 spiro atoms. The molecule has 1 heterocycles. The summed E-state index contributed by atoms with van der Waals surface area (Å²) in [5, 5.41) is 3.82. The lowest BCUT2D eigenvalue weighted by atomic mass is 10.0. The molecule has 0 aliphatic carbocycles. The van der Waals surface area contributed by atoms with E-state index >= 15 is 0 Å². The number of ether oxygens (including phenoxy) is 1. The number of halogens is 2. The van der Waals surface area contributed by atoms with Crippen LogP contribution in [0.1, 0.15) is 48.1 Å². The highest BCUT2D eigenvalue weighted by atomic mass is 35.5. The fraction of sp³-hybridized carbons (Fsp3) is 0.458. The second-order valence-electron chi connectivity index (χ2n) is 8.28. The van der Waals surface area contributed by atoms with Gasteiger partial charge < -0.3 is 10.1 Å². The van der Waals surface area contributed by atoms with E-state index in [1.54, 1.807) is 43.5 Å². The lowest BCUT2D eigenvalue weighted by Gasteiger charge is -2.29. The molecule has 0 radical (unpaired) electrons. The van der Waals surface area contributed by atoms with E-state index in [9.17, 15) is 13.2 Å². The molecule has 180 valence electrons. The summed E-state index contributed by atoms with van der Waals surface area (Å²) in [5.41, 5.74) is 1.16. The molecule has 1 N–H and O–H groups in total. The van der Waals surface area contributed by atoms with Crippen LogP contribution in [0.15, 0.2) is 47.4 Å². The van der Waals surface area contributed by atoms with Crippen LogP contribution in [0.2, 0.25) is 10.0 Å². The van der Waals surface area contributed by atoms with Crippen molar-refractivity contribution >= 4 is 38.9 Å². The standard InChI is InChI=1S/C24H30Cl2N2O4S/c1-3-13-33(30,31)20-9-6-17(7-10-20)23(15-28-12-4-5-19(28)16-32-2)27-24(29)21-11-8-18(25)14-22(21)26/h6-11,14,19,23H,3-5,12-13,15-16H2,1-2H3,(H,27,29)/t19-,23?/m1/s1. The van der Waals surface area contributed by atoms with Crippen molar-refractivity contribution in [2.24, 2.45) is 0 Å². The lowest BCUT2D eigenvalue weighted by molar-refractivity contribution is 0.0888. The first-order valence-corrected chi connectivity index (χ1v) is 13.5. The molecule has 1 aliphatic heterocycles. The molecule has 0 saturated carbocycles. The Kier molecular flexibility index (Phi) is 9.18. The van der Waals surface area contributed by atoms with Gasteiger partial charge in [0.15, 0.2) is 9.84 Å². The Balaban J connectivity index is 1.87. The van der Waals surface area contributed by atoms with Crippen molar-refractivity contribution in [2.75, 3.05) is 32.6 Å². The molecular weight excluding hydrogens is 483 g/mol. The summed E-state index contributed by atoms with van der Waals surface area (Å²) in [6, 6.07) is 11.5. The van der Waals surface area contributed by atoms with E-state index in [1.165, 1.54) is 6.07 Å². The van der Waals surface area contributed by atoms with Crippen molar-refractivity contribution in [1.82, 2.24) is 10.2 Å². The molecular formula is C24H30Cl2N2O4S. The van der Waals surface area contributed by atoms with Crippen LogP contribution in [0.4, 0.5) is 0 Å². The van der Waals surface area contributed by atoms with Gasteiger partial charge in [0.1, 0.15) is 0 Å². The molecule has 6 nitrogen and oxygen atoms in total. The van der Waals surface area contributed by atoms with E-state index in [4.69, 9.17) is 27.9 Å². The maximum absolute atomic E-state index is 13.1. The van der Waals surface area contributed by atoms with Gasteiger partial charge in [-0.1, -0.05) is 42.3 Å². The molecule has 1 fully saturated rings. The van der Waals surface area contributed by atoms with E-state index in [-0.39, 0.29) is 33.7 Å². The van der Waals surface area contributed by atoms with Crippen LogP contribution in [-0.4, -0.2) is 57.8 Å².